The minimum absolute atomic E-state index is 0.452. The Bertz CT molecular complexity index is 2540. The Morgan fingerprint density at radius 3 is 1.44 bits per heavy atom. The van der Waals surface area contributed by atoms with Crippen LogP contribution in [0, 0.1) is 0 Å². The molecule has 1 aliphatic heterocycles. The van der Waals surface area contributed by atoms with Crippen LogP contribution >= 0.6 is 0 Å². The number of nitrogens with one attached hydrogen (secondary N) is 1. The second kappa shape index (κ2) is 18.4. The monoisotopic (exact) mass is 822 g/mol. The summed E-state index contributed by atoms with van der Waals surface area (Å²) >= 11 is 0. The standard InChI is InChI=1S/C57H54N6/c1-43(37-39-62-40-38-45(42-62)44-23-9-2-10-24-44)52-41-53(61-56(46-25-11-3-12-26-46,47-27-13-4-14-28-47)48-29-15-5-16-30-48)60-55(54(52)58)63(59)57(49-31-17-6-18-32-49,50-33-19-7-20-34-50)51-35-21-8-22-36-51/h2-37,41,45H,38-40,42,58-59H2,1H3,(H,60,61)/b43-37+. The van der Waals surface area contributed by atoms with Crippen LogP contribution in [0.1, 0.15) is 63.8 Å². The van der Waals surface area contributed by atoms with Crippen molar-refractivity contribution in [2.24, 2.45) is 5.84 Å². The average Bonchev–Trinajstić information content (AvgIpc) is 3.84. The van der Waals surface area contributed by atoms with Crippen molar-refractivity contribution in [2.75, 3.05) is 35.7 Å². The summed E-state index contributed by atoms with van der Waals surface area (Å²) in [6.45, 7) is 4.99. The van der Waals surface area contributed by atoms with Gasteiger partial charge in [0.1, 0.15) is 16.9 Å². The Kier molecular flexibility index (Phi) is 12.0. The van der Waals surface area contributed by atoms with Gasteiger partial charge >= 0.3 is 0 Å². The minimum atomic E-state index is -1.03. The van der Waals surface area contributed by atoms with Crippen LogP contribution in [0.15, 0.2) is 224 Å². The Morgan fingerprint density at radius 1 is 0.619 bits per heavy atom. The zero-order chi connectivity index (χ0) is 43.1. The molecule has 1 fully saturated rings. The summed E-state index contributed by atoms with van der Waals surface area (Å²) in [4.78, 5) is 8.06. The van der Waals surface area contributed by atoms with Crippen LogP contribution in [0.2, 0.25) is 0 Å². The zero-order valence-electron chi connectivity index (χ0n) is 35.8. The van der Waals surface area contributed by atoms with E-state index in [0.717, 1.165) is 70.6 Å². The highest BCUT2D eigenvalue weighted by Gasteiger charge is 2.44. The first-order valence-corrected chi connectivity index (χ1v) is 21.9. The normalized spacial score (nSPS) is 14.6. The molecule has 2 heterocycles. The number of aromatic nitrogens is 1. The highest BCUT2D eigenvalue weighted by molar-refractivity contribution is 5.84. The van der Waals surface area contributed by atoms with Crippen molar-refractivity contribution in [2.45, 2.75) is 30.3 Å². The number of hydrogen-bond donors (Lipinski definition) is 3. The van der Waals surface area contributed by atoms with Crippen molar-refractivity contribution < 1.29 is 0 Å². The van der Waals surface area contributed by atoms with Crippen molar-refractivity contribution >= 4 is 22.9 Å². The van der Waals surface area contributed by atoms with E-state index in [1.54, 1.807) is 5.01 Å². The first-order valence-electron chi connectivity index (χ1n) is 21.9. The van der Waals surface area contributed by atoms with Gasteiger partial charge in [-0.1, -0.05) is 218 Å². The number of nitrogens with two attached hydrogens (primary N) is 2. The van der Waals surface area contributed by atoms with E-state index in [4.69, 9.17) is 16.6 Å². The molecule has 1 aliphatic rings. The third kappa shape index (κ3) is 8.03. The van der Waals surface area contributed by atoms with Crippen molar-refractivity contribution in [3.8, 4) is 0 Å². The SMILES string of the molecule is C/C(=C\CN1CCC(c2ccccc2)C1)c1cc(NC(c2ccccc2)(c2ccccc2)c2ccccc2)nc(N(N)C(c2ccccc2)(c2ccccc2)c2ccccc2)c1N. The van der Waals surface area contributed by atoms with Crippen LogP contribution in [0.3, 0.4) is 0 Å². The zero-order valence-corrected chi connectivity index (χ0v) is 35.8. The van der Waals surface area contributed by atoms with Gasteiger partial charge in [0.05, 0.1) is 5.69 Å². The summed E-state index contributed by atoms with van der Waals surface area (Å²) in [5, 5.41) is 5.86. The number of rotatable bonds is 14. The first kappa shape index (κ1) is 41.1. The maximum atomic E-state index is 7.79. The van der Waals surface area contributed by atoms with Crippen molar-refractivity contribution in [3.05, 3.63) is 269 Å². The number of likely N-dealkylation sites (tertiary alicyclic amines) is 1. The van der Waals surface area contributed by atoms with E-state index in [9.17, 15) is 0 Å². The van der Waals surface area contributed by atoms with Crippen molar-refractivity contribution in [3.63, 3.8) is 0 Å². The number of benzene rings is 7. The van der Waals surface area contributed by atoms with E-state index in [2.05, 4.69) is 223 Å². The van der Waals surface area contributed by atoms with Gasteiger partial charge in [0.25, 0.3) is 0 Å². The average molecular weight is 823 g/mol. The molecule has 1 aromatic heterocycles. The molecule has 0 bridgehead atoms. The Morgan fingerprint density at radius 2 is 1.02 bits per heavy atom. The van der Waals surface area contributed by atoms with Gasteiger partial charge in [-0.15, -0.1) is 0 Å². The molecule has 6 heteroatoms. The van der Waals surface area contributed by atoms with Gasteiger partial charge in [-0.25, -0.2) is 10.8 Å². The van der Waals surface area contributed by atoms with Gasteiger partial charge in [0.2, 0.25) is 0 Å². The molecule has 8 aromatic rings. The number of hydrazine groups is 1. The number of pyridine rings is 1. The molecule has 0 spiro atoms. The van der Waals surface area contributed by atoms with Crippen LogP contribution in [0.25, 0.3) is 5.57 Å². The number of nitrogen functional groups attached to an aromatic ring is 1. The smallest absolute Gasteiger partial charge is 0.170 e. The van der Waals surface area contributed by atoms with Gasteiger partial charge < -0.3 is 11.1 Å². The Balaban J connectivity index is 1.25. The molecule has 63 heavy (non-hydrogen) atoms. The number of hydrogen-bond acceptors (Lipinski definition) is 6. The fraction of sp³-hybridized carbons (Fsp3) is 0.140. The lowest BCUT2D eigenvalue weighted by Crippen LogP contribution is -2.53. The molecule has 312 valence electrons. The van der Waals surface area contributed by atoms with Gasteiger partial charge in [-0.05, 0) is 76.4 Å². The van der Waals surface area contributed by atoms with E-state index in [-0.39, 0.29) is 0 Å². The van der Waals surface area contributed by atoms with E-state index >= 15 is 0 Å². The van der Waals surface area contributed by atoms with Gasteiger partial charge in [-0.3, -0.25) is 9.91 Å². The predicted molar refractivity (Wildman–Crippen MR) is 261 cm³/mol. The molecule has 5 N–H and O–H groups in total. The molecule has 7 aromatic carbocycles. The van der Waals surface area contributed by atoms with E-state index in [1.165, 1.54) is 5.56 Å². The molecule has 1 unspecified atom stereocenters. The summed E-state index contributed by atoms with van der Waals surface area (Å²) in [5.41, 5.74) is 15.6. The van der Waals surface area contributed by atoms with E-state index in [1.807, 2.05) is 18.2 Å². The molecule has 6 nitrogen and oxygen atoms in total. The Labute approximate surface area is 372 Å². The fourth-order valence-electron chi connectivity index (χ4n) is 9.57. The summed E-state index contributed by atoms with van der Waals surface area (Å²) in [5.74, 6) is 9.38. The number of anilines is 3. The summed E-state index contributed by atoms with van der Waals surface area (Å²) in [7, 11) is 0. The lowest BCUT2D eigenvalue weighted by Gasteiger charge is -2.44. The molecule has 1 atom stereocenters. The van der Waals surface area contributed by atoms with Gasteiger partial charge in [-0.2, -0.15) is 0 Å². The summed E-state index contributed by atoms with van der Waals surface area (Å²) in [6, 6.07) is 76.0. The first-order chi connectivity index (χ1) is 31.0. The van der Waals surface area contributed by atoms with Crippen LogP contribution < -0.4 is 21.9 Å². The van der Waals surface area contributed by atoms with E-state index in [0.29, 0.717) is 23.2 Å². The molecular formula is C57H54N6. The predicted octanol–water partition coefficient (Wildman–Crippen LogP) is 11.6. The van der Waals surface area contributed by atoms with Crippen molar-refractivity contribution in [1.82, 2.24) is 9.88 Å². The van der Waals surface area contributed by atoms with Crippen LogP contribution in [-0.4, -0.2) is 29.5 Å². The fourth-order valence-corrected chi connectivity index (χ4v) is 9.57. The summed E-state index contributed by atoms with van der Waals surface area (Å²) < 4.78 is 0. The molecule has 9 rings (SSSR count). The molecule has 0 radical (unpaired) electrons. The second-order valence-electron chi connectivity index (χ2n) is 16.5. The third-order valence-corrected chi connectivity index (χ3v) is 12.8. The Hall–Kier alpha value is -7.25. The van der Waals surface area contributed by atoms with Gasteiger partial charge in [0.15, 0.2) is 5.82 Å². The van der Waals surface area contributed by atoms with E-state index < -0.39 is 11.1 Å². The van der Waals surface area contributed by atoms with Crippen molar-refractivity contribution in [1.29, 1.82) is 0 Å². The largest absolute Gasteiger partial charge is 0.395 e. The third-order valence-electron chi connectivity index (χ3n) is 12.8. The topological polar surface area (TPSA) is 83.4 Å². The molecular weight excluding hydrogens is 769 g/mol. The lowest BCUT2D eigenvalue weighted by atomic mass is 9.76. The lowest BCUT2D eigenvalue weighted by molar-refractivity contribution is 0.372. The van der Waals surface area contributed by atoms with Crippen LogP contribution in [0.5, 0.6) is 0 Å². The molecule has 0 saturated carbocycles. The molecule has 0 amide bonds. The molecule has 1 saturated heterocycles. The minimum Gasteiger partial charge on any atom is -0.395 e. The highest BCUT2D eigenvalue weighted by Crippen LogP contribution is 2.47. The highest BCUT2D eigenvalue weighted by atomic mass is 15.5. The maximum Gasteiger partial charge on any atom is 0.170 e. The maximum absolute atomic E-state index is 7.79. The number of nitrogens with zero attached hydrogens (tertiary/aromatic N) is 3. The quantitative estimate of drug-likeness (QED) is 0.0576. The van der Waals surface area contributed by atoms with Gasteiger partial charge in [0, 0.05) is 18.7 Å². The van der Waals surface area contributed by atoms with Crippen LogP contribution in [-0.2, 0) is 11.1 Å². The number of allylic oxidation sites excluding steroid dienone is 1. The summed E-state index contributed by atoms with van der Waals surface area (Å²) in [6.07, 6.45) is 3.45. The molecule has 0 aliphatic carbocycles. The van der Waals surface area contributed by atoms with Crippen LogP contribution in [0.4, 0.5) is 17.3 Å². The second-order valence-corrected chi connectivity index (χ2v) is 16.5.